The molecule has 0 saturated heterocycles. The van der Waals surface area contributed by atoms with Gasteiger partial charge in [0.1, 0.15) is 17.4 Å². The summed E-state index contributed by atoms with van der Waals surface area (Å²) in [4.78, 5) is 20.9. The van der Waals surface area contributed by atoms with Crippen LogP contribution in [0.4, 0.5) is 8.78 Å². The van der Waals surface area contributed by atoms with Gasteiger partial charge in [-0.25, -0.2) is 18.4 Å². The maximum atomic E-state index is 13.3. The molecule has 4 N–H and O–H groups in total. The van der Waals surface area contributed by atoms with Crippen LogP contribution in [-0.2, 0) is 36.8 Å². The molecule has 11 nitrogen and oxygen atoms in total. The Hall–Kier alpha value is -0.850. The van der Waals surface area contributed by atoms with E-state index in [1.165, 1.54) is 46.6 Å². The van der Waals surface area contributed by atoms with Crippen LogP contribution in [0.15, 0.2) is 39.3 Å². The van der Waals surface area contributed by atoms with Gasteiger partial charge in [0.15, 0.2) is 0 Å². The fourth-order valence-corrected chi connectivity index (χ4v) is 3.34. The zero-order valence-electron chi connectivity index (χ0n) is 23.3. The van der Waals surface area contributed by atoms with Gasteiger partial charge in [-0.15, -0.1) is 0 Å². The van der Waals surface area contributed by atoms with Gasteiger partial charge in [0.05, 0.1) is 31.4 Å². The van der Waals surface area contributed by atoms with Gasteiger partial charge in [0.2, 0.25) is 6.54 Å². The molecule has 1 unspecified atom stereocenters. The number of carbonyl (C=O) groups excluding carboxylic acids is 2. The second-order valence-electron chi connectivity index (χ2n) is 6.61. The van der Waals surface area contributed by atoms with E-state index in [9.17, 15) is 23.6 Å². The number of hydrogen-bond acceptors (Lipinski definition) is 10. The standard InChI is InChI=1S/C10H10BrFNO3.C9H10BrFO2.C4H8O4.CH4O.Ca.2ClH/c1-16-10(14)6-13(15)5-7-4-8(11)2-3-9(7)12;1-13-9-6(4-5-12)8(11)3-2-7(9)10;1-7-3(5)4(6)8-2;1-2;;;/h2-4,6,15H,5H2,1H3;2-3,12H,4-5H2,1H3;3,5H,1-2H3;2H,1H3;;2*1H/q+1;;;;+2;;/p-2/b13-6-;;;;;;. The summed E-state index contributed by atoms with van der Waals surface area (Å²) in [7, 11) is 6.04. The summed E-state index contributed by atoms with van der Waals surface area (Å²) in [6.45, 7) is -0.232. The van der Waals surface area contributed by atoms with Gasteiger partial charge in [-0.1, -0.05) is 15.9 Å². The monoisotopic (exact) mass is 800 g/mol. The average Bonchev–Trinajstić information content (AvgIpc) is 2.93. The number of nitrogens with zero attached hydrogens (tertiary/aromatic N) is 1. The summed E-state index contributed by atoms with van der Waals surface area (Å²) in [5, 5.41) is 33.5. The molecule has 236 valence electrons. The van der Waals surface area contributed by atoms with Crippen LogP contribution in [0, 0.1) is 11.6 Å². The number of methoxy groups -OCH3 is 4. The molecular weight excluding hydrogens is 771 g/mol. The topological polar surface area (TPSA) is 155 Å². The number of hydroxylamine groups is 1. The Balaban J connectivity index is -0.000000160. The number of esters is 2. The first kappa shape index (κ1) is 50.8. The molecule has 2 aromatic rings. The molecule has 2 aromatic carbocycles. The van der Waals surface area contributed by atoms with E-state index in [0.717, 1.165) is 13.3 Å². The number of carbonyl (C=O) groups is 2. The minimum absolute atomic E-state index is 0. The van der Waals surface area contributed by atoms with E-state index in [0.29, 0.717) is 25.0 Å². The van der Waals surface area contributed by atoms with E-state index in [1.54, 1.807) is 12.1 Å². The fourth-order valence-electron chi connectivity index (χ4n) is 2.40. The maximum absolute atomic E-state index is 13.3. The molecular formula is C24H32Br2CaCl2F2NO10+. The number of halogens is 6. The first-order chi connectivity index (χ1) is 18.4. The summed E-state index contributed by atoms with van der Waals surface area (Å²) >= 11 is 6.42. The van der Waals surface area contributed by atoms with Crippen molar-refractivity contribution in [2.45, 2.75) is 19.3 Å². The Labute approximate surface area is 301 Å². The van der Waals surface area contributed by atoms with Gasteiger partial charge in [-0.2, -0.15) is 0 Å². The third-order valence-corrected chi connectivity index (χ3v) is 5.26. The van der Waals surface area contributed by atoms with Gasteiger partial charge in [0, 0.05) is 37.3 Å². The summed E-state index contributed by atoms with van der Waals surface area (Å²) in [5.41, 5.74) is 0.663. The van der Waals surface area contributed by atoms with E-state index < -0.39 is 24.0 Å². The summed E-state index contributed by atoms with van der Waals surface area (Å²) < 4.78 is 46.0. The van der Waals surface area contributed by atoms with Crippen molar-refractivity contribution in [3.05, 3.63) is 62.0 Å². The van der Waals surface area contributed by atoms with Crippen LogP contribution in [0.1, 0.15) is 11.1 Å². The third kappa shape index (κ3) is 21.0. The molecule has 2 rings (SSSR count). The number of hydrogen-bond donors (Lipinski definition) is 4. The van der Waals surface area contributed by atoms with Crippen molar-refractivity contribution in [3.63, 3.8) is 0 Å². The van der Waals surface area contributed by atoms with Crippen molar-refractivity contribution in [2.24, 2.45) is 0 Å². The first-order valence-electron chi connectivity index (χ1n) is 10.6. The van der Waals surface area contributed by atoms with E-state index in [-0.39, 0.29) is 93.5 Å². The molecule has 18 heteroatoms. The minimum Gasteiger partial charge on any atom is -1.00 e. The molecule has 0 bridgehead atoms. The van der Waals surface area contributed by atoms with Crippen molar-refractivity contribution >= 4 is 87.8 Å². The Bertz CT molecular complexity index is 1080. The number of aliphatic hydroxyl groups excluding tert-OH is 3. The predicted octanol–water partition coefficient (Wildman–Crippen LogP) is -3.77. The van der Waals surface area contributed by atoms with Crippen molar-refractivity contribution in [1.29, 1.82) is 0 Å². The fraction of sp³-hybridized carbons (Fsp3) is 0.375. The molecule has 0 heterocycles. The predicted molar refractivity (Wildman–Crippen MR) is 148 cm³/mol. The van der Waals surface area contributed by atoms with Crippen molar-refractivity contribution in [2.75, 3.05) is 42.2 Å². The van der Waals surface area contributed by atoms with Crippen molar-refractivity contribution in [1.82, 2.24) is 0 Å². The largest absolute Gasteiger partial charge is 2.00 e. The molecule has 0 aliphatic carbocycles. The van der Waals surface area contributed by atoms with E-state index in [1.807, 2.05) is 0 Å². The van der Waals surface area contributed by atoms with Gasteiger partial charge in [-0.05, 0) is 51.0 Å². The van der Waals surface area contributed by atoms with Crippen LogP contribution in [0.2, 0.25) is 0 Å². The van der Waals surface area contributed by atoms with Crippen LogP contribution in [-0.4, -0.2) is 130 Å². The molecule has 42 heavy (non-hydrogen) atoms. The first-order valence-corrected chi connectivity index (χ1v) is 12.2. The van der Waals surface area contributed by atoms with Crippen LogP contribution in [0.5, 0.6) is 5.75 Å². The minimum atomic E-state index is -1.44. The molecule has 0 aliphatic heterocycles. The van der Waals surface area contributed by atoms with Gasteiger partial charge >= 0.3 is 49.7 Å². The number of benzene rings is 2. The summed E-state index contributed by atoms with van der Waals surface area (Å²) in [6, 6.07) is 7.26. The molecule has 1 atom stereocenters. The quantitative estimate of drug-likeness (QED) is 0.0398. The van der Waals surface area contributed by atoms with Gasteiger partial charge in [0.25, 0.3) is 12.5 Å². The number of ether oxygens (including phenoxy) is 4. The molecule has 0 aliphatic rings. The van der Waals surface area contributed by atoms with Gasteiger partial charge in [-0.3, -0.25) is 5.21 Å². The molecule has 0 amide bonds. The van der Waals surface area contributed by atoms with Crippen LogP contribution in [0.25, 0.3) is 0 Å². The molecule has 0 fully saturated rings. The Morgan fingerprint density at radius 1 is 1.00 bits per heavy atom. The smallest absolute Gasteiger partial charge is 1.00 e. The third-order valence-electron chi connectivity index (χ3n) is 4.14. The van der Waals surface area contributed by atoms with E-state index >= 15 is 0 Å². The normalized spacial score (nSPS) is 10.0. The summed E-state index contributed by atoms with van der Waals surface area (Å²) in [6.07, 6.45) is -0.352. The van der Waals surface area contributed by atoms with E-state index in [2.05, 4.69) is 46.1 Å². The SMILES string of the molecule is CO.COC(=O)/C=[N+](\O)Cc1cc(Br)ccc1F.COC(=O)C(O)OC.COc1c(Br)ccc(F)c1CCO.[Ca+2].[Cl-].[Cl-]. The zero-order chi connectivity index (χ0) is 30.5. The molecule has 0 radical (unpaired) electrons. The second kappa shape index (κ2) is 30.2. The van der Waals surface area contributed by atoms with Crippen LogP contribution >= 0.6 is 31.9 Å². The molecule has 0 spiro atoms. The number of aliphatic hydroxyl groups is 3. The van der Waals surface area contributed by atoms with Gasteiger partial charge < -0.3 is 59.1 Å². The van der Waals surface area contributed by atoms with E-state index in [4.69, 9.17) is 20.1 Å². The second-order valence-corrected chi connectivity index (χ2v) is 8.38. The van der Waals surface area contributed by atoms with Crippen LogP contribution < -0.4 is 29.6 Å². The number of rotatable bonds is 8. The van der Waals surface area contributed by atoms with Crippen molar-refractivity contribution in [3.8, 4) is 5.75 Å². The average molecular weight is 803 g/mol. The Kier molecular flexibility index (Phi) is 36.5. The maximum Gasteiger partial charge on any atom is 2.00 e. The Morgan fingerprint density at radius 3 is 1.98 bits per heavy atom. The zero-order valence-corrected chi connectivity index (χ0v) is 30.2. The molecule has 0 aromatic heterocycles. The van der Waals surface area contributed by atoms with Crippen LogP contribution in [0.3, 0.4) is 0 Å². The van der Waals surface area contributed by atoms with Crippen molar-refractivity contribution < 1.29 is 87.4 Å². The molecule has 0 saturated carbocycles. The Morgan fingerprint density at radius 2 is 1.55 bits per heavy atom. The summed E-state index contributed by atoms with van der Waals surface area (Å²) in [5.74, 6) is -1.85.